The Morgan fingerprint density at radius 3 is 2.80 bits per heavy atom. The van der Waals surface area contributed by atoms with Gasteiger partial charge in [-0.25, -0.2) is 0 Å². The van der Waals surface area contributed by atoms with Crippen molar-refractivity contribution in [2.45, 2.75) is 32.4 Å². The van der Waals surface area contributed by atoms with Crippen LogP contribution in [-0.4, -0.2) is 0 Å². The van der Waals surface area contributed by atoms with Crippen LogP contribution in [0.15, 0.2) is 16.8 Å². The van der Waals surface area contributed by atoms with E-state index in [4.69, 9.17) is 0 Å². The summed E-state index contributed by atoms with van der Waals surface area (Å²) in [6, 6.07) is 2.23. The van der Waals surface area contributed by atoms with Crippen molar-refractivity contribution in [1.82, 2.24) is 0 Å². The standard InChI is InChI=1S/C9H15S/c1-3-4-6-10-7-5-9(2)8-10/h5,7-8H,3-4,6H2,1-2H3/q+1. The highest BCUT2D eigenvalue weighted by atomic mass is 32.2. The largest absolute Gasteiger partial charge is 0.140 e. The van der Waals surface area contributed by atoms with E-state index in [1.54, 1.807) is 0 Å². The molecular formula is C9H15S+. The van der Waals surface area contributed by atoms with Crippen molar-refractivity contribution in [1.29, 1.82) is 0 Å². The summed E-state index contributed by atoms with van der Waals surface area (Å²) in [7, 11) is 0.500. The Kier molecular flexibility index (Phi) is 2.94. The highest BCUT2D eigenvalue weighted by Crippen LogP contribution is 2.22. The van der Waals surface area contributed by atoms with Crippen LogP contribution in [0.1, 0.15) is 25.3 Å². The number of hydrogen-bond donors (Lipinski definition) is 0. The van der Waals surface area contributed by atoms with Crippen LogP contribution in [0, 0.1) is 6.92 Å². The molecule has 1 aromatic rings. The highest BCUT2D eigenvalue weighted by Gasteiger charge is 2.01. The minimum Gasteiger partial charge on any atom is -0.0652 e. The molecule has 0 N–H and O–H groups in total. The van der Waals surface area contributed by atoms with Gasteiger partial charge in [0.05, 0.1) is 0 Å². The van der Waals surface area contributed by atoms with Gasteiger partial charge < -0.3 is 0 Å². The van der Waals surface area contributed by atoms with Crippen LogP contribution >= 0.6 is 10.5 Å². The molecule has 0 amide bonds. The molecule has 0 saturated heterocycles. The molecule has 0 aliphatic rings. The van der Waals surface area contributed by atoms with Crippen molar-refractivity contribution in [3.63, 3.8) is 0 Å². The number of unbranched alkanes of at least 4 members (excludes halogenated alkanes) is 1. The van der Waals surface area contributed by atoms with Gasteiger partial charge in [0, 0.05) is 5.56 Å². The van der Waals surface area contributed by atoms with E-state index < -0.39 is 0 Å². The van der Waals surface area contributed by atoms with E-state index in [1.807, 2.05) is 0 Å². The summed E-state index contributed by atoms with van der Waals surface area (Å²) in [5, 5.41) is 4.72. The molecule has 1 atom stereocenters. The second-order valence-corrected chi connectivity index (χ2v) is 4.55. The van der Waals surface area contributed by atoms with Gasteiger partial charge in [0.25, 0.3) is 0 Å². The number of thiophene rings is 1. The summed E-state index contributed by atoms with van der Waals surface area (Å²) >= 11 is 0. The third kappa shape index (κ3) is 2.14. The zero-order valence-corrected chi connectivity index (χ0v) is 7.58. The Balaban J connectivity index is 2.42. The Bertz CT molecular complexity index is 188. The van der Waals surface area contributed by atoms with Crippen LogP contribution in [-0.2, 0) is 5.75 Å². The van der Waals surface area contributed by atoms with Gasteiger partial charge in [-0.05, 0) is 29.9 Å². The van der Waals surface area contributed by atoms with Crippen LogP contribution in [0.2, 0.25) is 0 Å². The van der Waals surface area contributed by atoms with E-state index in [9.17, 15) is 0 Å². The normalized spacial score (nSPS) is 12.0. The first-order valence-corrected chi connectivity index (χ1v) is 5.40. The molecule has 0 aliphatic heterocycles. The molecule has 0 spiro atoms. The average molecular weight is 155 g/mol. The lowest BCUT2D eigenvalue weighted by Crippen LogP contribution is -1.69. The lowest BCUT2D eigenvalue weighted by Gasteiger charge is -1.84. The van der Waals surface area contributed by atoms with E-state index in [0.717, 1.165) is 0 Å². The lowest BCUT2D eigenvalue weighted by atomic mass is 10.4. The van der Waals surface area contributed by atoms with E-state index in [0.29, 0.717) is 10.5 Å². The highest BCUT2D eigenvalue weighted by molar-refractivity contribution is 7.27. The maximum absolute atomic E-state index is 2.38. The van der Waals surface area contributed by atoms with Gasteiger partial charge in [0.15, 0.2) is 0 Å². The van der Waals surface area contributed by atoms with Crippen molar-refractivity contribution in [2.75, 3.05) is 0 Å². The molecule has 1 rings (SSSR count). The van der Waals surface area contributed by atoms with Gasteiger partial charge in [0.1, 0.15) is 16.5 Å². The topological polar surface area (TPSA) is 0 Å². The number of hydrogen-bond acceptors (Lipinski definition) is 0. The van der Waals surface area contributed by atoms with E-state index in [-0.39, 0.29) is 0 Å². The molecule has 56 valence electrons. The van der Waals surface area contributed by atoms with Crippen LogP contribution in [0.4, 0.5) is 0 Å². The first kappa shape index (κ1) is 7.80. The van der Waals surface area contributed by atoms with Gasteiger partial charge in [-0.2, -0.15) is 0 Å². The second-order valence-electron chi connectivity index (χ2n) is 2.69. The molecule has 0 saturated carbocycles. The summed E-state index contributed by atoms with van der Waals surface area (Å²) in [6.07, 6.45) is 2.70. The molecule has 0 aromatic carbocycles. The quantitative estimate of drug-likeness (QED) is 0.586. The van der Waals surface area contributed by atoms with Gasteiger partial charge in [-0.15, -0.1) is 0 Å². The molecular weight excluding hydrogens is 140 g/mol. The first-order chi connectivity index (χ1) is 4.83. The number of rotatable bonds is 3. The van der Waals surface area contributed by atoms with Gasteiger partial charge in [-0.1, -0.05) is 13.3 Å². The maximum atomic E-state index is 2.38. The maximum Gasteiger partial charge on any atom is 0.140 e. The van der Waals surface area contributed by atoms with Crippen molar-refractivity contribution in [2.24, 2.45) is 0 Å². The molecule has 1 heteroatoms. The van der Waals surface area contributed by atoms with Crippen molar-refractivity contribution in [3.05, 3.63) is 22.4 Å². The van der Waals surface area contributed by atoms with Crippen molar-refractivity contribution < 1.29 is 0 Å². The predicted octanol–water partition coefficient (Wildman–Crippen LogP) is 3.54. The zero-order chi connectivity index (χ0) is 7.40. The Morgan fingerprint density at radius 2 is 2.30 bits per heavy atom. The van der Waals surface area contributed by atoms with Crippen LogP contribution < -0.4 is 0 Å². The lowest BCUT2D eigenvalue weighted by molar-refractivity contribution is 0.854. The first-order valence-electron chi connectivity index (χ1n) is 3.88. The van der Waals surface area contributed by atoms with Gasteiger partial charge >= 0.3 is 0 Å². The Morgan fingerprint density at radius 1 is 1.50 bits per heavy atom. The molecule has 1 unspecified atom stereocenters. The Hall–Kier alpha value is -0.300. The number of aryl methyl sites for hydroxylation is 2. The molecule has 10 heavy (non-hydrogen) atoms. The molecule has 0 nitrogen and oxygen atoms in total. The molecule has 0 bridgehead atoms. The second kappa shape index (κ2) is 3.77. The molecule has 1 heterocycles. The summed E-state index contributed by atoms with van der Waals surface area (Å²) < 4.78 is 0. The average Bonchev–Trinajstić information content (AvgIpc) is 2.31. The van der Waals surface area contributed by atoms with E-state index in [2.05, 4.69) is 30.7 Å². The van der Waals surface area contributed by atoms with Crippen molar-refractivity contribution in [3.8, 4) is 0 Å². The fourth-order valence-electron chi connectivity index (χ4n) is 0.950. The summed E-state index contributed by atoms with van der Waals surface area (Å²) in [5.74, 6) is 1.37. The Labute approximate surface area is 65.9 Å². The SMILES string of the molecule is CCCC[s+]1ccc(C)c1. The smallest absolute Gasteiger partial charge is 0.0652 e. The van der Waals surface area contributed by atoms with Gasteiger partial charge in [-0.3, -0.25) is 0 Å². The minimum atomic E-state index is 0.500. The summed E-state index contributed by atoms with van der Waals surface area (Å²) in [4.78, 5) is 0. The summed E-state index contributed by atoms with van der Waals surface area (Å²) in [6.45, 7) is 4.43. The predicted molar refractivity (Wildman–Crippen MR) is 48.6 cm³/mol. The van der Waals surface area contributed by atoms with Crippen LogP contribution in [0.3, 0.4) is 0 Å². The van der Waals surface area contributed by atoms with E-state index in [1.165, 1.54) is 24.2 Å². The summed E-state index contributed by atoms with van der Waals surface area (Å²) in [5.41, 5.74) is 1.44. The molecule has 0 fully saturated rings. The molecule has 0 radical (unpaired) electrons. The molecule has 0 aliphatic carbocycles. The zero-order valence-electron chi connectivity index (χ0n) is 6.76. The third-order valence-corrected chi connectivity index (χ3v) is 3.50. The fraction of sp³-hybridized carbons (Fsp3) is 0.556. The molecule has 1 aromatic heterocycles. The minimum absolute atomic E-state index is 0.500. The monoisotopic (exact) mass is 155 g/mol. The third-order valence-electron chi connectivity index (χ3n) is 1.58. The van der Waals surface area contributed by atoms with Crippen LogP contribution in [0.5, 0.6) is 0 Å². The fourth-order valence-corrected chi connectivity index (χ4v) is 2.85. The van der Waals surface area contributed by atoms with Crippen LogP contribution in [0.25, 0.3) is 0 Å². The van der Waals surface area contributed by atoms with E-state index >= 15 is 0 Å². The van der Waals surface area contributed by atoms with Gasteiger partial charge in [0.2, 0.25) is 0 Å². The van der Waals surface area contributed by atoms with Crippen molar-refractivity contribution >= 4 is 10.5 Å².